The molecule has 0 aliphatic carbocycles. The number of anilines is 1. The molecular formula is C18H18F3N7. The molecule has 2 bridgehead atoms. The van der Waals surface area contributed by atoms with E-state index in [4.69, 9.17) is 0 Å². The summed E-state index contributed by atoms with van der Waals surface area (Å²) in [6.45, 7) is 2.31. The Labute approximate surface area is 158 Å². The molecule has 0 N–H and O–H groups in total. The fourth-order valence-corrected chi connectivity index (χ4v) is 4.26. The molecule has 3 aromatic rings. The van der Waals surface area contributed by atoms with Gasteiger partial charge in [-0.3, -0.25) is 9.88 Å². The van der Waals surface area contributed by atoms with Crippen LogP contribution in [0.3, 0.4) is 0 Å². The first-order chi connectivity index (χ1) is 13.5. The minimum atomic E-state index is -4.59. The Morgan fingerprint density at radius 1 is 1.04 bits per heavy atom. The lowest BCUT2D eigenvalue weighted by Crippen LogP contribution is -2.53. The summed E-state index contributed by atoms with van der Waals surface area (Å²) in [6.07, 6.45) is 1.20. The molecule has 2 aliphatic rings. The van der Waals surface area contributed by atoms with Crippen molar-refractivity contribution in [1.82, 2.24) is 29.7 Å². The van der Waals surface area contributed by atoms with Crippen LogP contribution in [0.25, 0.3) is 5.65 Å². The molecule has 0 amide bonds. The Kier molecular flexibility index (Phi) is 3.97. The molecule has 0 radical (unpaired) electrons. The lowest BCUT2D eigenvalue weighted by atomic mass is 10.1. The number of piperazine rings is 1. The van der Waals surface area contributed by atoms with Crippen LogP contribution in [0.5, 0.6) is 0 Å². The van der Waals surface area contributed by atoms with Gasteiger partial charge in [-0.2, -0.15) is 17.7 Å². The van der Waals surface area contributed by atoms with Crippen molar-refractivity contribution >= 4 is 11.5 Å². The quantitative estimate of drug-likeness (QED) is 0.686. The molecule has 3 aromatic heterocycles. The largest absolute Gasteiger partial charge is 0.453 e. The van der Waals surface area contributed by atoms with Crippen LogP contribution in [-0.4, -0.2) is 54.9 Å². The van der Waals surface area contributed by atoms with Gasteiger partial charge in [0.25, 0.3) is 5.82 Å². The number of alkyl halides is 3. The summed E-state index contributed by atoms with van der Waals surface area (Å²) in [5, 5.41) is 11.0. The van der Waals surface area contributed by atoms with Crippen molar-refractivity contribution < 1.29 is 13.2 Å². The van der Waals surface area contributed by atoms with Gasteiger partial charge in [-0.05, 0) is 36.6 Å². The third-order valence-corrected chi connectivity index (χ3v) is 5.55. The molecule has 0 saturated carbocycles. The van der Waals surface area contributed by atoms with E-state index in [-0.39, 0.29) is 5.65 Å². The molecule has 7 nitrogen and oxygen atoms in total. The Hall–Kier alpha value is -2.75. The molecular weight excluding hydrogens is 371 g/mol. The predicted octanol–water partition coefficient (Wildman–Crippen LogP) is 2.39. The number of aromatic nitrogens is 5. The molecule has 5 rings (SSSR count). The third kappa shape index (κ3) is 2.97. The minimum absolute atomic E-state index is 0.0919. The highest BCUT2D eigenvalue weighted by Gasteiger charge is 2.41. The molecule has 146 valence electrons. The molecule has 0 unspecified atom stereocenters. The van der Waals surface area contributed by atoms with Gasteiger partial charge in [0, 0.05) is 44.1 Å². The average Bonchev–Trinajstić information content (AvgIpc) is 3.19. The maximum Gasteiger partial charge on any atom is 0.453 e. The van der Waals surface area contributed by atoms with Gasteiger partial charge < -0.3 is 4.90 Å². The maximum absolute atomic E-state index is 13.1. The summed E-state index contributed by atoms with van der Waals surface area (Å²) in [5.41, 5.74) is 1.26. The monoisotopic (exact) mass is 389 g/mol. The first kappa shape index (κ1) is 17.4. The summed E-state index contributed by atoms with van der Waals surface area (Å²) in [7, 11) is 0. The van der Waals surface area contributed by atoms with Gasteiger partial charge in [0.2, 0.25) is 0 Å². The van der Waals surface area contributed by atoms with Crippen LogP contribution in [0.2, 0.25) is 0 Å². The van der Waals surface area contributed by atoms with E-state index in [1.54, 1.807) is 12.3 Å². The van der Waals surface area contributed by atoms with Gasteiger partial charge in [-0.25, -0.2) is 0 Å². The van der Waals surface area contributed by atoms with Crippen molar-refractivity contribution in [3.8, 4) is 0 Å². The van der Waals surface area contributed by atoms with Gasteiger partial charge in [0.1, 0.15) is 5.82 Å². The minimum Gasteiger partial charge on any atom is -0.352 e. The van der Waals surface area contributed by atoms with E-state index < -0.39 is 12.0 Å². The van der Waals surface area contributed by atoms with E-state index in [0.29, 0.717) is 17.9 Å². The smallest absolute Gasteiger partial charge is 0.352 e. The lowest BCUT2D eigenvalue weighted by Gasteiger charge is -2.41. The van der Waals surface area contributed by atoms with Crippen LogP contribution in [0.15, 0.2) is 36.7 Å². The molecule has 2 fully saturated rings. The third-order valence-electron chi connectivity index (χ3n) is 5.55. The standard InChI is InChI=1S/C18H18F3N7/c19-18(20,21)17-24-23-15-5-6-16(25-28(15)17)26-10-13-3-4-14(11-26)27(13)9-12-2-1-7-22-8-12/h1-2,5-8,13-14H,3-4,9-11H2/t13-,14+. The fraction of sp³-hybridized carbons (Fsp3) is 0.444. The highest BCUT2D eigenvalue weighted by Crippen LogP contribution is 2.34. The first-order valence-corrected chi connectivity index (χ1v) is 9.18. The van der Waals surface area contributed by atoms with Crippen molar-refractivity contribution in [3.63, 3.8) is 0 Å². The van der Waals surface area contributed by atoms with E-state index in [1.165, 1.54) is 11.6 Å². The summed E-state index contributed by atoms with van der Waals surface area (Å²) in [4.78, 5) is 8.73. The summed E-state index contributed by atoms with van der Waals surface area (Å²) in [6, 6.07) is 7.96. The van der Waals surface area contributed by atoms with Gasteiger partial charge in [-0.15, -0.1) is 15.3 Å². The number of pyridine rings is 1. The van der Waals surface area contributed by atoms with Crippen LogP contribution in [0.4, 0.5) is 19.0 Å². The second kappa shape index (κ2) is 6.40. The van der Waals surface area contributed by atoms with Crippen molar-refractivity contribution in [2.75, 3.05) is 18.0 Å². The van der Waals surface area contributed by atoms with Crippen molar-refractivity contribution in [2.24, 2.45) is 0 Å². The van der Waals surface area contributed by atoms with Crippen molar-refractivity contribution in [1.29, 1.82) is 0 Å². The average molecular weight is 389 g/mol. The summed E-state index contributed by atoms with van der Waals surface area (Å²) < 4.78 is 40.2. The summed E-state index contributed by atoms with van der Waals surface area (Å²) >= 11 is 0. The van der Waals surface area contributed by atoms with E-state index in [0.717, 1.165) is 37.0 Å². The molecule has 10 heteroatoms. The highest BCUT2D eigenvalue weighted by atomic mass is 19.4. The van der Waals surface area contributed by atoms with E-state index >= 15 is 0 Å². The summed E-state index contributed by atoms with van der Waals surface area (Å²) in [5.74, 6) is -0.571. The Morgan fingerprint density at radius 2 is 1.82 bits per heavy atom. The first-order valence-electron chi connectivity index (χ1n) is 9.18. The number of hydrogen-bond donors (Lipinski definition) is 0. The topological polar surface area (TPSA) is 62.5 Å². The van der Waals surface area contributed by atoms with Crippen molar-refractivity contribution in [2.45, 2.75) is 37.6 Å². The zero-order chi connectivity index (χ0) is 19.3. The highest BCUT2D eigenvalue weighted by molar-refractivity contribution is 5.47. The molecule has 2 aliphatic heterocycles. The van der Waals surface area contributed by atoms with Gasteiger partial charge >= 0.3 is 6.18 Å². The molecule has 0 spiro atoms. The van der Waals surface area contributed by atoms with Gasteiger partial charge in [0.15, 0.2) is 5.65 Å². The van der Waals surface area contributed by atoms with Gasteiger partial charge in [0.05, 0.1) is 0 Å². The predicted molar refractivity (Wildman–Crippen MR) is 94.6 cm³/mol. The molecule has 0 aromatic carbocycles. The van der Waals surface area contributed by atoms with E-state index in [1.807, 2.05) is 12.3 Å². The normalized spacial score (nSPS) is 22.9. The van der Waals surface area contributed by atoms with Crippen LogP contribution >= 0.6 is 0 Å². The van der Waals surface area contributed by atoms with Crippen LogP contribution in [-0.2, 0) is 12.7 Å². The molecule has 2 atom stereocenters. The van der Waals surface area contributed by atoms with E-state index in [2.05, 4.69) is 36.1 Å². The number of nitrogens with zero attached hydrogens (tertiary/aromatic N) is 7. The zero-order valence-corrected chi connectivity index (χ0v) is 14.9. The number of halogens is 3. The zero-order valence-electron chi connectivity index (χ0n) is 14.9. The molecule has 2 saturated heterocycles. The molecule has 28 heavy (non-hydrogen) atoms. The number of fused-ring (bicyclic) bond motifs is 3. The van der Waals surface area contributed by atoms with Crippen LogP contribution in [0, 0.1) is 0 Å². The second-order valence-corrected chi connectivity index (χ2v) is 7.31. The van der Waals surface area contributed by atoms with E-state index in [9.17, 15) is 13.2 Å². The number of hydrogen-bond acceptors (Lipinski definition) is 6. The van der Waals surface area contributed by atoms with Crippen molar-refractivity contribution in [3.05, 3.63) is 48.0 Å². The Bertz CT molecular complexity index is 974. The van der Waals surface area contributed by atoms with Crippen LogP contribution in [0.1, 0.15) is 24.2 Å². The number of rotatable bonds is 3. The van der Waals surface area contributed by atoms with Crippen LogP contribution < -0.4 is 4.90 Å². The SMILES string of the molecule is FC(F)(F)c1nnc2ccc(N3C[C@H]4CC[C@@H](C3)N4Cc3cccnc3)nn12. The fourth-order valence-electron chi connectivity index (χ4n) is 4.26. The Morgan fingerprint density at radius 3 is 2.50 bits per heavy atom. The second-order valence-electron chi connectivity index (χ2n) is 7.31. The lowest BCUT2D eigenvalue weighted by molar-refractivity contribution is -0.146. The Balaban J connectivity index is 1.39. The van der Waals surface area contributed by atoms with Gasteiger partial charge in [-0.1, -0.05) is 6.07 Å². The maximum atomic E-state index is 13.1. The molecule has 5 heterocycles.